The van der Waals surface area contributed by atoms with Crippen LogP contribution in [0, 0.1) is 0 Å². The van der Waals surface area contributed by atoms with Gasteiger partial charge in [-0.2, -0.15) is 0 Å². The second-order valence-electron chi connectivity index (χ2n) is 10.0. The molecule has 0 radical (unpaired) electrons. The molecule has 1 fully saturated rings. The first-order valence-corrected chi connectivity index (χ1v) is 12.8. The van der Waals surface area contributed by atoms with Gasteiger partial charge in [0.2, 0.25) is 11.8 Å². The van der Waals surface area contributed by atoms with Gasteiger partial charge in [-0.15, -0.1) is 0 Å². The van der Waals surface area contributed by atoms with E-state index in [0.29, 0.717) is 52.1 Å². The van der Waals surface area contributed by atoms with Crippen LogP contribution < -0.4 is 10.6 Å². The normalized spacial score (nSPS) is 22.4. The van der Waals surface area contributed by atoms with Crippen molar-refractivity contribution in [2.75, 3.05) is 39.3 Å². The number of aliphatic hydroxyl groups is 4. The summed E-state index contributed by atoms with van der Waals surface area (Å²) in [6.07, 6.45) is 2.32. The smallest absolute Gasteiger partial charge is 0.243 e. The standard InChI is InChI=1S/C24H48N4O6/c1-17(29)13-27(14-18(2)30)11-7-5-9-21-23(33)26-22(24(34)25-21)10-6-8-12-28(15-19(3)31)16-20(4)32/h17-22,29-32H,5-16H2,1-4H3,(H,25,34)(H,26,33)/t17-,18+,19-,20+,21-,22-/m0/s1. The van der Waals surface area contributed by atoms with Crippen LogP contribution in [0.5, 0.6) is 0 Å². The summed E-state index contributed by atoms with van der Waals surface area (Å²) >= 11 is 0. The van der Waals surface area contributed by atoms with Gasteiger partial charge in [0.05, 0.1) is 24.4 Å². The third-order valence-corrected chi connectivity index (χ3v) is 5.79. The van der Waals surface area contributed by atoms with Gasteiger partial charge in [-0.3, -0.25) is 19.4 Å². The Kier molecular flexibility index (Phi) is 14.8. The van der Waals surface area contributed by atoms with E-state index in [2.05, 4.69) is 10.6 Å². The molecule has 2 amide bonds. The topological polar surface area (TPSA) is 146 Å². The van der Waals surface area contributed by atoms with Crippen LogP contribution >= 0.6 is 0 Å². The Morgan fingerprint density at radius 3 is 1.18 bits per heavy atom. The van der Waals surface area contributed by atoms with Crippen LogP contribution in [0.4, 0.5) is 0 Å². The summed E-state index contributed by atoms with van der Waals surface area (Å²) in [5, 5.41) is 44.1. The first-order valence-electron chi connectivity index (χ1n) is 12.8. The lowest BCUT2D eigenvalue weighted by molar-refractivity contribution is -0.137. The maximum atomic E-state index is 12.5. The van der Waals surface area contributed by atoms with Crippen LogP contribution in [0.25, 0.3) is 0 Å². The Hall–Kier alpha value is -1.30. The molecule has 0 bridgehead atoms. The SMILES string of the molecule is C[C@H](O)CN(CCCC[C@@H]1NC(=O)[C@H](CCCCN(C[C@H](C)O)C[C@@H](C)O)NC1=O)C[C@@H](C)O. The van der Waals surface area contributed by atoms with E-state index in [-0.39, 0.29) is 11.8 Å². The second-order valence-corrected chi connectivity index (χ2v) is 10.0. The van der Waals surface area contributed by atoms with Crippen molar-refractivity contribution < 1.29 is 30.0 Å². The van der Waals surface area contributed by atoms with Crippen molar-refractivity contribution in [3.8, 4) is 0 Å². The van der Waals surface area contributed by atoms with E-state index in [1.807, 2.05) is 9.80 Å². The molecule has 6 N–H and O–H groups in total. The van der Waals surface area contributed by atoms with Crippen molar-refractivity contribution in [2.24, 2.45) is 0 Å². The predicted molar refractivity (Wildman–Crippen MR) is 131 cm³/mol. The molecule has 200 valence electrons. The molecule has 34 heavy (non-hydrogen) atoms. The van der Waals surface area contributed by atoms with Crippen LogP contribution in [0.2, 0.25) is 0 Å². The molecule has 1 aliphatic rings. The van der Waals surface area contributed by atoms with Crippen molar-refractivity contribution in [2.45, 2.75) is 103 Å². The Balaban J connectivity index is 2.34. The fraction of sp³-hybridized carbons (Fsp3) is 0.917. The van der Waals surface area contributed by atoms with Gasteiger partial charge in [0.25, 0.3) is 0 Å². The molecule has 6 atom stereocenters. The highest BCUT2D eigenvalue weighted by atomic mass is 16.3. The molecule has 0 aromatic carbocycles. The highest BCUT2D eigenvalue weighted by molar-refractivity contribution is 5.96. The monoisotopic (exact) mass is 488 g/mol. The number of unbranched alkanes of at least 4 members (excludes halogenated alkanes) is 2. The molecular weight excluding hydrogens is 440 g/mol. The fourth-order valence-corrected chi connectivity index (χ4v) is 4.46. The van der Waals surface area contributed by atoms with Crippen molar-refractivity contribution in [1.82, 2.24) is 20.4 Å². The highest BCUT2D eigenvalue weighted by Crippen LogP contribution is 2.12. The number of nitrogens with one attached hydrogen (secondary N) is 2. The minimum atomic E-state index is -0.529. The van der Waals surface area contributed by atoms with E-state index in [9.17, 15) is 30.0 Å². The van der Waals surface area contributed by atoms with Crippen LogP contribution in [-0.4, -0.2) is 118 Å². The number of nitrogens with zero attached hydrogens (tertiary/aromatic N) is 2. The molecule has 10 heteroatoms. The number of rotatable bonds is 18. The first kappa shape index (κ1) is 30.7. The molecule has 1 heterocycles. The van der Waals surface area contributed by atoms with Gasteiger partial charge in [-0.05, 0) is 79.3 Å². The Bertz CT molecular complexity index is 518. The molecule has 0 spiro atoms. The van der Waals surface area contributed by atoms with Gasteiger partial charge in [0, 0.05) is 26.2 Å². The summed E-state index contributed by atoms with van der Waals surface area (Å²) in [6, 6.07) is -1.06. The molecule has 0 aromatic heterocycles. The van der Waals surface area contributed by atoms with Crippen LogP contribution in [0.15, 0.2) is 0 Å². The number of aliphatic hydroxyl groups excluding tert-OH is 4. The van der Waals surface area contributed by atoms with Crippen molar-refractivity contribution >= 4 is 11.8 Å². The summed E-state index contributed by atoms with van der Waals surface area (Å²) in [5.74, 6) is -0.307. The first-order chi connectivity index (χ1) is 16.0. The van der Waals surface area contributed by atoms with Crippen molar-refractivity contribution in [1.29, 1.82) is 0 Å². The number of hydrogen-bond donors (Lipinski definition) is 6. The fourth-order valence-electron chi connectivity index (χ4n) is 4.46. The van der Waals surface area contributed by atoms with Gasteiger partial charge >= 0.3 is 0 Å². The Labute approximate surface area is 204 Å². The number of hydrogen-bond acceptors (Lipinski definition) is 8. The average Bonchev–Trinajstić information content (AvgIpc) is 2.69. The zero-order chi connectivity index (χ0) is 25.7. The van der Waals surface area contributed by atoms with E-state index in [1.165, 1.54) is 0 Å². The summed E-state index contributed by atoms with van der Waals surface area (Å²) in [6.45, 7) is 10.2. The van der Waals surface area contributed by atoms with E-state index >= 15 is 0 Å². The van der Waals surface area contributed by atoms with Gasteiger partial charge in [-0.1, -0.05) is 0 Å². The summed E-state index contributed by atoms with van der Waals surface area (Å²) in [7, 11) is 0. The molecule has 1 rings (SSSR count). The maximum absolute atomic E-state index is 12.5. The molecule has 0 saturated carbocycles. The van der Waals surface area contributed by atoms with Gasteiger partial charge in [0.1, 0.15) is 12.1 Å². The Morgan fingerprint density at radius 1 is 0.618 bits per heavy atom. The largest absolute Gasteiger partial charge is 0.392 e. The van der Waals surface area contributed by atoms with E-state index in [0.717, 1.165) is 25.7 Å². The van der Waals surface area contributed by atoms with Crippen LogP contribution in [0.3, 0.4) is 0 Å². The lowest BCUT2D eigenvalue weighted by Crippen LogP contribution is -2.61. The second kappa shape index (κ2) is 16.4. The zero-order valence-electron chi connectivity index (χ0n) is 21.4. The zero-order valence-corrected chi connectivity index (χ0v) is 21.4. The van der Waals surface area contributed by atoms with Gasteiger partial charge in [-0.25, -0.2) is 0 Å². The maximum Gasteiger partial charge on any atom is 0.243 e. The van der Waals surface area contributed by atoms with Gasteiger partial charge < -0.3 is 31.1 Å². The minimum Gasteiger partial charge on any atom is -0.392 e. The van der Waals surface area contributed by atoms with E-state index < -0.39 is 36.5 Å². The molecule has 1 saturated heterocycles. The number of carbonyl (C=O) groups excluding carboxylic acids is 2. The highest BCUT2D eigenvalue weighted by Gasteiger charge is 2.32. The van der Waals surface area contributed by atoms with E-state index in [4.69, 9.17) is 0 Å². The van der Waals surface area contributed by atoms with Crippen LogP contribution in [-0.2, 0) is 9.59 Å². The molecule has 1 aliphatic heterocycles. The van der Waals surface area contributed by atoms with Crippen molar-refractivity contribution in [3.05, 3.63) is 0 Å². The van der Waals surface area contributed by atoms with E-state index in [1.54, 1.807) is 27.7 Å². The predicted octanol–water partition coefficient (Wildman–Crippen LogP) is -0.563. The van der Waals surface area contributed by atoms with Crippen molar-refractivity contribution in [3.63, 3.8) is 0 Å². The van der Waals surface area contributed by atoms with Crippen LogP contribution in [0.1, 0.15) is 66.2 Å². The van der Waals surface area contributed by atoms with Gasteiger partial charge in [0.15, 0.2) is 0 Å². The average molecular weight is 489 g/mol. The summed E-state index contributed by atoms with van der Waals surface area (Å²) in [4.78, 5) is 29.0. The summed E-state index contributed by atoms with van der Waals surface area (Å²) in [5.41, 5.74) is 0. The third kappa shape index (κ3) is 13.6. The molecular formula is C24H48N4O6. The molecule has 0 aromatic rings. The molecule has 0 unspecified atom stereocenters. The lowest BCUT2D eigenvalue weighted by Gasteiger charge is -2.30. The minimum absolute atomic E-state index is 0.153. The lowest BCUT2D eigenvalue weighted by atomic mass is 10.0. The number of carbonyl (C=O) groups is 2. The molecule has 0 aliphatic carbocycles. The molecule has 10 nitrogen and oxygen atoms in total. The summed E-state index contributed by atoms with van der Waals surface area (Å²) < 4.78 is 0. The quantitative estimate of drug-likeness (QED) is 0.141. The third-order valence-electron chi connectivity index (χ3n) is 5.79. The Morgan fingerprint density at radius 2 is 0.912 bits per heavy atom. The number of piperazine rings is 1. The number of amides is 2.